The summed E-state index contributed by atoms with van der Waals surface area (Å²) in [7, 11) is 1.62. The number of hydrogen-bond acceptors (Lipinski definition) is 5. The maximum atomic E-state index is 12.4. The Kier molecular flexibility index (Phi) is 5.16. The van der Waals surface area contributed by atoms with Gasteiger partial charge in [-0.15, -0.1) is 0 Å². The second-order valence-corrected chi connectivity index (χ2v) is 5.15. The molecule has 7 heteroatoms. The van der Waals surface area contributed by atoms with Gasteiger partial charge in [-0.3, -0.25) is 10.1 Å². The van der Waals surface area contributed by atoms with Crippen LogP contribution in [0.5, 0.6) is 5.75 Å². The van der Waals surface area contributed by atoms with E-state index in [1.807, 2.05) is 30.3 Å². The van der Waals surface area contributed by atoms with E-state index in [4.69, 9.17) is 4.74 Å². The molecule has 0 saturated heterocycles. The lowest BCUT2D eigenvalue weighted by Crippen LogP contribution is -2.36. The van der Waals surface area contributed by atoms with Gasteiger partial charge in [-0.2, -0.15) is 9.78 Å². The van der Waals surface area contributed by atoms with Gasteiger partial charge in [-0.25, -0.2) is 9.98 Å². The molecule has 0 aliphatic heterocycles. The van der Waals surface area contributed by atoms with Crippen LogP contribution in [-0.4, -0.2) is 33.7 Å². The summed E-state index contributed by atoms with van der Waals surface area (Å²) in [6.45, 7) is 0.383. The lowest BCUT2D eigenvalue weighted by atomic mass is 10.2. The lowest BCUT2D eigenvalue weighted by Gasteiger charge is -2.09. The SMILES string of the molecule is COc1ccc(CN=C(NC(=O)c2ccccc2)n2cncn2)cc1. The van der Waals surface area contributed by atoms with Crippen LogP contribution in [0.3, 0.4) is 0 Å². The molecule has 1 amide bonds. The molecule has 3 aromatic rings. The number of ether oxygens (including phenoxy) is 1. The molecular formula is C18H17N5O2. The van der Waals surface area contributed by atoms with Gasteiger partial charge in [0.15, 0.2) is 0 Å². The highest BCUT2D eigenvalue weighted by Gasteiger charge is 2.10. The van der Waals surface area contributed by atoms with Crippen LogP contribution in [0.15, 0.2) is 72.2 Å². The average Bonchev–Trinajstić information content (AvgIpc) is 3.20. The molecule has 1 heterocycles. The van der Waals surface area contributed by atoms with Crippen LogP contribution in [0.25, 0.3) is 0 Å². The topological polar surface area (TPSA) is 81.4 Å². The van der Waals surface area contributed by atoms with Crippen LogP contribution in [0.4, 0.5) is 0 Å². The first-order valence-electron chi connectivity index (χ1n) is 7.65. The van der Waals surface area contributed by atoms with Crippen molar-refractivity contribution >= 4 is 11.9 Å². The third-order valence-electron chi connectivity index (χ3n) is 3.47. The van der Waals surface area contributed by atoms with Crippen molar-refractivity contribution < 1.29 is 9.53 Å². The van der Waals surface area contributed by atoms with E-state index < -0.39 is 0 Å². The number of methoxy groups -OCH3 is 1. The second kappa shape index (κ2) is 7.87. The Morgan fingerprint density at radius 3 is 2.56 bits per heavy atom. The molecule has 0 spiro atoms. The second-order valence-electron chi connectivity index (χ2n) is 5.15. The Morgan fingerprint density at radius 1 is 1.16 bits per heavy atom. The molecule has 1 N–H and O–H groups in total. The van der Waals surface area contributed by atoms with Crippen LogP contribution < -0.4 is 10.1 Å². The maximum absolute atomic E-state index is 12.4. The Morgan fingerprint density at radius 2 is 1.92 bits per heavy atom. The Bertz CT molecular complexity index is 843. The normalized spacial score (nSPS) is 11.2. The summed E-state index contributed by atoms with van der Waals surface area (Å²) in [5.74, 6) is 0.827. The summed E-state index contributed by atoms with van der Waals surface area (Å²) in [5, 5.41) is 6.82. The Hall–Kier alpha value is -3.48. The van der Waals surface area contributed by atoms with E-state index in [9.17, 15) is 4.79 Å². The van der Waals surface area contributed by atoms with Gasteiger partial charge in [0.2, 0.25) is 5.96 Å². The van der Waals surface area contributed by atoms with E-state index in [1.165, 1.54) is 17.3 Å². The first kappa shape index (κ1) is 16.4. The Balaban J connectivity index is 1.78. The van der Waals surface area contributed by atoms with Crippen molar-refractivity contribution in [2.75, 3.05) is 7.11 Å². The zero-order chi connectivity index (χ0) is 17.5. The first-order chi connectivity index (χ1) is 12.3. The summed E-state index contributed by atoms with van der Waals surface area (Å²) in [6, 6.07) is 16.5. The van der Waals surface area contributed by atoms with Gasteiger partial charge in [-0.05, 0) is 29.8 Å². The molecular weight excluding hydrogens is 318 g/mol. The highest BCUT2D eigenvalue weighted by Crippen LogP contribution is 2.12. The van der Waals surface area contributed by atoms with E-state index >= 15 is 0 Å². The van der Waals surface area contributed by atoms with Crippen molar-refractivity contribution in [3.63, 3.8) is 0 Å². The predicted molar refractivity (Wildman–Crippen MR) is 93.5 cm³/mol. The number of carbonyl (C=O) groups is 1. The molecule has 2 aromatic carbocycles. The number of hydrogen-bond donors (Lipinski definition) is 1. The number of nitrogens with zero attached hydrogens (tertiary/aromatic N) is 4. The molecule has 3 rings (SSSR count). The van der Waals surface area contributed by atoms with Crippen LogP contribution in [-0.2, 0) is 6.54 Å². The van der Waals surface area contributed by atoms with E-state index in [2.05, 4.69) is 20.4 Å². The van der Waals surface area contributed by atoms with E-state index in [0.29, 0.717) is 18.1 Å². The molecule has 0 bridgehead atoms. The molecule has 25 heavy (non-hydrogen) atoms. The number of aromatic nitrogens is 3. The van der Waals surface area contributed by atoms with Crippen LogP contribution >= 0.6 is 0 Å². The third kappa shape index (κ3) is 4.29. The molecule has 7 nitrogen and oxygen atoms in total. The predicted octanol–water partition coefficient (Wildman–Crippen LogP) is 2.12. The lowest BCUT2D eigenvalue weighted by molar-refractivity contribution is 0.0975. The number of rotatable bonds is 4. The molecule has 1 aromatic heterocycles. The summed E-state index contributed by atoms with van der Waals surface area (Å²) in [5.41, 5.74) is 1.52. The number of carbonyl (C=O) groups excluding carboxylic acids is 1. The fourth-order valence-corrected chi connectivity index (χ4v) is 2.15. The summed E-state index contributed by atoms with van der Waals surface area (Å²) in [6.07, 6.45) is 2.87. The monoisotopic (exact) mass is 335 g/mol. The largest absolute Gasteiger partial charge is 0.497 e. The van der Waals surface area contributed by atoms with E-state index in [-0.39, 0.29) is 5.91 Å². The highest BCUT2D eigenvalue weighted by atomic mass is 16.5. The molecule has 0 radical (unpaired) electrons. The van der Waals surface area contributed by atoms with Crippen molar-refractivity contribution in [3.8, 4) is 5.75 Å². The van der Waals surface area contributed by atoms with E-state index in [1.54, 1.807) is 31.4 Å². The first-order valence-corrected chi connectivity index (χ1v) is 7.65. The summed E-state index contributed by atoms with van der Waals surface area (Å²) in [4.78, 5) is 20.7. The smallest absolute Gasteiger partial charge is 0.258 e. The minimum atomic E-state index is -0.260. The van der Waals surface area contributed by atoms with Gasteiger partial charge in [-0.1, -0.05) is 30.3 Å². The standard InChI is InChI=1S/C18H17N5O2/c1-25-16-9-7-14(8-10-16)11-20-18(23-13-19-12-21-23)22-17(24)15-5-3-2-4-6-15/h2-10,12-13H,11H2,1H3,(H,20,22,24). The number of benzene rings is 2. The minimum absolute atomic E-state index is 0.260. The molecule has 0 atom stereocenters. The van der Waals surface area contributed by atoms with Gasteiger partial charge in [0.05, 0.1) is 13.7 Å². The molecule has 0 unspecified atom stereocenters. The number of nitrogens with one attached hydrogen (secondary N) is 1. The Labute approximate surface area is 145 Å². The van der Waals surface area contributed by atoms with Gasteiger partial charge in [0.1, 0.15) is 18.4 Å². The van der Waals surface area contributed by atoms with Gasteiger partial charge >= 0.3 is 0 Å². The zero-order valence-corrected chi connectivity index (χ0v) is 13.7. The zero-order valence-electron chi connectivity index (χ0n) is 13.7. The van der Waals surface area contributed by atoms with Crippen LogP contribution in [0.1, 0.15) is 15.9 Å². The van der Waals surface area contributed by atoms with Crippen molar-refractivity contribution in [2.45, 2.75) is 6.54 Å². The van der Waals surface area contributed by atoms with E-state index in [0.717, 1.165) is 11.3 Å². The van der Waals surface area contributed by atoms with Crippen molar-refractivity contribution in [1.29, 1.82) is 0 Å². The maximum Gasteiger partial charge on any atom is 0.258 e. The molecule has 0 aliphatic rings. The van der Waals surface area contributed by atoms with Gasteiger partial charge < -0.3 is 4.74 Å². The highest BCUT2D eigenvalue weighted by molar-refractivity contribution is 6.06. The quantitative estimate of drug-likeness (QED) is 0.585. The molecule has 126 valence electrons. The fourth-order valence-electron chi connectivity index (χ4n) is 2.15. The molecule has 0 fully saturated rings. The van der Waals surface area contributed by atoms with Crippen molar-refractivity contribution in [3.05, 3.63) is 78.4 Å². The summed E-state index contributed by atoms with van der Waals surface area (Å²) >= 11 is 0. The van der Waals surface area contributed by atoms with Gasteiger partial charge in [0, 0.05) is 5.56 Å². The minimum Gasteiger partial charge on any atom is -0.497 e. The molecule has 0 aliphatic carbocycles. The number of aliphatic imine (C=N–C) groups is 1. The average molecular weight is 335 g/mol. The molecule has 0 saturated carbocycles. The van der Waals surface area contributed by atoms with Crippen molar-refractivity contribution in [2.24, 2.45) is 4.99 Å². The third-order valence-corrected chi connectivity index (χ3v) is 3.47. The van der Waals surface area contributed by atoms with Gasteiger partial charge in [0.25, 0.3) is 5.91 Å². The van der Waals surface area contributed by atoms with Crippen LogP contribution in [0.2, 0.25) is 0 Å². The van der Waals surface area contributed by atoms with Crippen molar-refractivity contribution in [1.82, 2.24) is 20.1 Å². The summed E-state index contributed by atoms with van der Waals surface area (Å²) < 4.78 is 6.56. The number of amides is 1. The fraction of sp³-hybridized carbons (Fsp3) is 0.111. The van der Waals surface area contributed by atoms with Crippen LogP contribution in [0, 0.1) is 0 Å².